The van der Waals surface area contributed by atoms with Crippen molar-refractivity contribution in [3.8, 4) is 33.8 Å². The standard InChI is InChI=1S/C26H18FN5/c1-15-9-10-28-13-21(15)23-12-20-25(14-29-23)31-32-26(20)24-11-19-18(3-2-4-22(19)30-24)16-5-7-17(27)8-6-16/h2-14,30H,1H3,(H,31,32). The van der Waals surface area contributed by atoms with Crippen molar-refractivity contribution in [2.45, 2.75) is 6.92 Å². The van der Waals surface area contributed by atoms with Gasteiger partial charge in [0.2, 0.25) is 0 Å². The fourth-order valence-electron chi connectivity index (χ4n) is 4.17. The monoisotopic (exact) mass is 419 g/mol. The van der Waals surface area contributed by atoms with Gasteiger partial charge in [-0.1, -0.05) is 24.3 Å². The molecule has 0 bridgehead atoms. The lowest BCUT2D eigenvalue weighted by atomic mass is 10.0. The highest BCUT2D eigenvalue weighted by atomic mass is 19.1. The number of nitrogens with one attached hydrogen (secondary N) is 2. The summed E-state index contributed by atoms with van der Waals surface area (Å²) in [6.07, 6.45) is 5.42. The first kappa shape index (κ1) is 18.4. The molecule has 2 aromatic carbocycles. The molecule has 0 radical (unpaired) electrons. The molecule has 5 nitrogen and oxygen atoms in total. The van der Waals surface area contributed by atoms with E-state index in [1.807, 2.05) is 43.5 Å². The zero-order valence-electron chi connectivity index (χ0n) is 17.2. The molecule has 0 aliphatic heterocycles. The first-order valence-electron chi connectivity index (χ1n) is 10.3. The van der Waals surface area contributed by atoms with Crippen LogP contribution in [-0.2, 0) is 0 Å². The Labute approximate surface area is 183 Å². The SMILES string of the molecule is Cc1ccncc1-c1cc2c(-c3cc4c(-c5ccc(F)cc5)cccc4[nH]3)n[nH]c2cn1. The summed E-state index contributed by atoms with van der Waals surface area (Å²) >= 11 is 0. The van der Waals surface area contributed by atoms with Crippen LogP contribution < -0.4 is 0 Å². The second kappa shape index (κ2) is 7.13. The molecule has 0 saturated heterocycles. The van der Waals surface area contributed by atoms with Gasteiger partial charge < -0.3 is 4.98 Å². The molecule has 4 heterocycles. The Hall–Kier alpha value is -4.32. The highest BCUT2D eigenvalue weighted by Gasteiger charge is 2.15. The lowest BCUT2D eigenvalue weighted by molar-refractivity contribution is 0.628. The average Bonchev–Trinajstić information content (AvgIpc) is 3.43. The number of hydrogen-bond donors (Lipinski definition) is 2. The maximum Gasteiger partial charge on any atom is 0.123 e. The summed E-state index contributed by atoms with van der Waals surface area (Å²) in [7, 11) is 0. The van der Waals surface area contributed by atoms with E-state index in [0.717, 1.165) is 61.1 Å². The Morgan fingerprint density at radius 2 is 1.72 bits per heavy atom. The molecule has 0 amide bonds. The van der Waals surface area contributed by atoms with E-state index in [2.05, 4.69) is 31.2 Å². The third-order valence-electron chi connectivity index (χ3n) is 5.84. The summed E-state index contributed by atoms with van der Waals surface area (Å²) < 4.78 is 13.4. The number of benzene rings is 2. The number of rotatable bonds is 3. The van der Waals surface area contributed by atoms with Crippen molar-refractivity contribution in [1.29, 1.82) is 0 Å². The van der Waals surface area contributed by atoms with Crippen molar-refractivity contribution in [3.05, 3.63) is 90.6 Å². The Kier molecular flexibility index (Phi) is 4.11. The number of halogens is 1. The lowest BCUT2D eigenvalue weighted by Crippen LogP contribution is -1.88. The van der Waals surface area contributed by atoms with Crippen LogP contribution in [0.2, 0.25) is 0 Å². The van der Waals surface area contributed by atoms with E-state index in [-0.39, 0.29) is 5.82 Å². The lowest BCUT2D eigenvalue weighted by Gasteiger charge is -2.04. The Balaban J connectivity index is 1.51. The molecule has 6 heteroatoms. The van der Waals surface area contributed by atoms with Gasteiger partial charge in [0.05, 0.1) is 23.1 Å². The van der Waals surface area contributed by atoms with E-state index in [1.54, 1.807) is 24.5 Å². The van der Waals surface area contributed by atoms with Gasteiger partial charge in [-0.3, -0.25) is 15.1 Å². The van der Waals surface area contributed by atoms with Crippen LogP contribution in [-0.4, -0.2) is 25.1 Å². The number of fused-ring (bicyclic) bond motifs is 2. The number of aromatic nitrogens is 5. The van der Waals surface area contributed by atoms with E-state index in [1.165, 1.54) is 12.1 Å². The Bertz CT molecular complexity index is 1590. The van der Waals surface area contributed by atoms with E-state index in [4.69, 9.17) is 0 Å². The van der Waals surface area contributed by atoms with Crippen LogP contribution in [0.1, 0.15) is 5.56 Å². The number of H-pyrrole nitrogens is 2. The fourth-order valence-corrected chi connectivity index (χ4v) is 4.17. The van der Waals surface area contributed by atoms with Gasteiger partial charge in [0.25, 0.3) is 0 Å². The van der Waals surface area contributed by atoms with Gasteiger partial charge in [0.1, 0.15) is 11.5 Å². The predicted molar refractivity (Wildman–Crippen MR) is 125 cm³/mol. The van der Waals surface area contributed by atoms with Crippen molar-refractivity contribution < 1.29 is 4.39 Å². The molecule has 6 rings (SSSR count). The number of aryl methyl sites for hydroxylation is 1. The quantitative estimate of drug-likeness (QED) is 0.354. The van der Waals surface area contributed by atoms with Gasteiger partial charge in [-0.05, 0) is 60.0 Å². The molecule has 154 valence electrons. The van der Waals surface area contributed by atoms with Gasteiger partial charge in [-0.15, -0.1) is 0 Å². The van der Waals surface area contributed by atoms with Gasteiger partial charge in [-0.2, -0.15) is 5.10 Å². The van der Waals surface area contributed by atoms with E-state index < -0.39 is 0 Å². The molecule has 6 aromatic rings. The maximum atomic E-state index is 13.4. The van der Waals surface area contributed by atoms with Gasteiger partial charge in [0, 0.05) is 34.2 Å². The predicted octanol–water partition coefficient (Wildman–Crippen LogP) is 6.28. The van der Waals surface area contributed by atoms with Crippen LogP contribution in [0.25, 0.3) is 55.6 Å². The van der Waals surface area contributed by atoms with Gasteiger partial charge in [-0.25, -0.2) is 4.39 Å². The largest absolute Gasteiger partial charge is 0.353 e. The molecule has 0 fully saturated rings. The molecular formula is C26H18FN5. The minimum absolute atomic E-state index is 0.244. The van der Waals surface area contributed by atoms with Crippen molar-refractivity contribution in [1.82, 2.24) is 25.1 Å². The zero-order chi connectivity index (χ0) is 21.7. The molecular weight excluding hydrogens is 401 g/mol. The number of nitrogens with zero attached hydrogens (tertiary/aromatic N) is 3. The van der Waals surface area contributed by atoms with Crippen molar-refractivity contribution >= 4 is 21.8 Å². The highest BCUT2D eigenvalue weighted by molar-refractivity contribution is 6.01. The van der Waals surface area contributed by atoms with Gasteiger partial charge >= 0.3 is 0 Å². The van der Waals surface area contributed by atoms with Crippen molar-refractivity contribution in [2.75, 3.05) is 0 Å². The van der Waals surface area contributed by atoms with Crippen molar-refractivity contribution in [3.63, 3.8) is 0 Å². The summed E-state index contributed by atoms with van der Waals surface area (Å²) in [6, 6.07) is 18.8. The Morgan fingerprint density at radius 3 is 2.56 bits per heavy atom. The first-order chi connectivity index (χ1) is 15.7. The third kappa shape index (κ3) is 2.96. The zero-order valence-corrected chi connectivity index (χ0v) is 17.2. The maximum absolute atomic E-state index is 13.4. The molecule has 0 atom stereocenters. The highest BCUT2D eigenvalue weighted by Crippen LogP contribution is 2.35. The topological polar surface area (TPSA) is 70.2 Å². The number of hydrogen-bond acceptors (Lipinski definition) is 3. The molecule has 0 spiro atoms. The second-order valence-electron chi connectivity index (χ2n) is 7.83. The summed E-state index contributed by atoms with van der Waals surface area (Å²) in [6.45, 7) is 2.05. The molecule has 0 aliphatic carbocycles. The van der Waals surface area contributed by atoms with E-state index >= 15 is 0 Å². The molecule has 0 aliphatic rings. The smallest absolute Gasteiger partial charge is 0.123 e. The molecule has 0 unspecified atom stereocenters. The number of aromatic amines is 2. The fraction of sp³-hybridized carbons (Fsp3) is 0.0385. The molecule has 0 saturated carbocycles. The molecule has 32 heavy (non-hydrogen) atoms. The van der Waals surface area contributed by atoms with E-state index in [9.17, 15) is 4.39 Å². The average molecular weight is 419 g/mol. The minimum Gasteiger partial charge on any atom is -0.353 e. The van der Waals surface area contributed by atoms with Crippen LogP contribution in [0.3, 0.4) is 0 Å². The van der Waals surface area contributed by atoms with Gasteiger partial charge in [0.15, 0.2) is 0 Å². The van der Waals surface area contributed by atoms with Crippen LogP contribution >= 0.6 is 0 Å². The summed E-state index contributed by atoms with van der Waals surface area (Å²) in [5.74, 6) is -0.244. The Morgan fingerprint density at radius 1 is 0.844 bits per heavy atom. The summed E-state index contributed by atoms with van der Waals surface area (Å²) in [5.41, 5.74) is 8.56. The summed E-state index contributed by atoms with van der Waals surface area (Å²) in [5, 5.41) is 9.70. The van der Waals surface area contributed by atoms with Crippen molar-refractivity contribution in [2.24, 2.45) is 0 Å². The molecule has 4 aromatic heterocycles. The third-order valence-corrected chi connectivity index (χ3v) is 5.84. The molecule has 2 N–H and O–H groups in total. The minimum atomic E-state index is -0.244. The van der Waals surface area contributed by atoms with Crippen LogP contribution in [0.5, 0.6) is 0 Å². The second-order valence-corrected chi connectivity index (χ2v) is 7.83. The number of pyridine rings is 2. The first-order valence-corrected chi connectivity index (χ1v) is 10.3. The van der Waals surface area contributed by atoms with E-state index in [0.29, 0.717) is 0 Å². The normalized spacial score (nSPS) is 11.4. The van der Waals surface area contributed by atoms with Crippen LogP contribution in [0.15, 0.2) is 79.3 Å². The summed E-state index contributed by atoms with van der Waals surface area (Å²) in [4.78, 5) is 12.3. The van der Waals surface area contributed by atoms with Crippen LogP contribution in [0, 0.1) is 12.7 Å². The van der Waals surface area contributed by atoms with Crippen LogP contribution in [0.4, 0.5) is 4.39 Å².